The van der Waals surface area contributed by atoms with Gasteiger partial charge in [-0.25, -0.2) is 0 Å². The summed E-state index contributed by atoms with van der Waals surface area (Å²) in [5, 5.41) is 8.50. The number of ether oxygens (including phenoxy) is 1. The molecule has 0 heterocycles. The Labute approximate surface area is 85.9 Å². The van der Waals surface area contributed by atoms with E-state index in [1.54, 1.807) is 7.11 Å². The molecular weight excluding hydrogens is 182 g/mol. The summed E-state index contributed by atoms with van der Waals surface area (Å²) in [7, 11) is 1.68. The van der Waals surface area contributed by atoms with Crippen molar-refractivity contribution in [3.05, 3.63) is 0 Å². The molecule has 0 amide bonds. The molecule has 0 unspecified atom stereocenters. The van der Waals surface area contributed by atoms with E-state index in [4.69, 9.17) is 9.84 Å². The predicted molar refractivity (Wildman–Crippen MR) is 55.5 cm³/mol. The molecule has 0 bridgehead atoms. The number of carboxylic acid groups (broad SMARTS) is 1. The molecule has 0 aromatic rings. The van der Waals surface area contributed by atoms with Crippen LogP contribution in [0, 0.1) is 0 Å². The molecule has 0 aromatic heterocycles. The van der Waals surface area contributed by atoms with Crippen molar-refractivity contribution in [1.29, 1.82) is 0 Å². The van der Waals surface area contributed by atoms with E-state index in [2.05, 4.69) is 18.7 Å². The van der Waals surface area contributed by atoms with Crippen molar-refractivity contribution in [1.82, 2.24) is 4.90 Å². The second-order valence-electron chi connectivity index (χ2n) is 3.62. The first-order valence-corrected chi connectivity index (χ1v) is 5.02. The van der Waals surface area contributed by atoms with Gasteiger partial charge in [0.15, 0.2) is 0 Å². The zero-order valence-corrected chi connectivity index (χ0v) is 9.32. The highest BCUT2D eigenvalue weighted by Gasteiger charge is 2.09. The summed E-state index contributed by atoms with van der Waals surface area (Å²) in [5.74, 6) is -0.722. The van der Waals surface area contributed by atoms with Gasteiger partial charge in [0.05, 0.1) is 6.61 Å². The van der Waals surface area contributed by atoms with Crippen molar-refractivity contribution in [2.45, 2.75) is 32.7 Å². The highest BCUT2D eigenvalue weighted by Crippen LogP contribution is 2.01. The summed E-state index contributed by atoms with van der Waals surface area (Å²) in [5.41, 5.74) is 0. The Morgan fingerprint density at radius 1 is 1.43 bits per heavy atom. The van der Waals surface area contributed by atoms with Crippen LogP contribution in [-0.4, -0.2) is 48.8 Å². The average molecular weight is 203 g/mol. The summed E-state index contributed by atoms with van der Waals surface area (Å²) in [6.07, 6.45) is 0.952. The Morgan fingerprint density at radius 2 is 2.07 bits per heavy atom. The normalized spacial score (nSPS) is 11.2. The van der Waals surface area contributed by atoms with E-state index in [-0.39, 0.29) is 6.42 Å². The summed E-state index contributed by atoms with van der Waals surface area (Å²) in [6.45, 7) is 6.61. The van der Waals surface area contributed by atoms with E-state index >= 15 is 0 Å². The van der Waals surface area contributed by atoms with Crippen LogP contribution in [0.1, 0.15) is 26.7 Å². The van der Waals surface area contributed by atoms with Gasteiger partial charge in [-0.1, -0.05) is 0 Å². The SMILES string of the molecule is COCCN(CCCC(=O)O)C(C)C. The highest BCUT2D eigenvalue weighted by molar-refractivity contribution is 5.66. The van der Waals surface area contributed by atoms with E-state index in [9.17, 15) is 4.79 Å². The number of hydrogen-bond acceptors (Lipinski definition) is 3. The first kappa shape index (κ1) is 13.4. The number of aliphatic carboxylic acids is 1. The second kappa shape index (κ2) is 7.76. The Balaban J connectivity index is 3.67. The minimum Gasteiger partial charge on any atom is -0.481 e. The van der Waals surface area contributed by atoms with Gasteiger partial charge in [-0.15, -0.1) is 0 Å². The molecule has 84 valence electrons. The van der Waals surface area contributed by atoms with E-state index in [1.165, 1.54) is 0 Å². The van der Waals surface area contributed by atoms with Gasteiger partial charge in [-0.3, -0.25) is 9.69 Å². The van der Waals surface area contributed by atoms with Crippen LogP contribution in [0.5, 0.6) is 0 Å². The van der Waals surface area contributed by atoms with Gasteiger partial charge in [-0.05, 0) is 26.8 Å². The molecule has 0 aliphatic heterocycles. The molecule has 0 aliphatic rings. The first-order valence-electron chi connectivity index (χ1n) is 5.02. The minimum absolute atomic E-state index is 0.246. The zero-order valence-electron chi connectivity index (χ0n) is 9.32. The Bertz CT molecular complexity index is 159. The van der Waals surface area contributed by atoms with Crippen LogP contribution >= 0.6 is 0 Å². The van der Waals surface area contributed by atoms with Gasteiger partial charge in [-0.2, -0.15) is 0 Å². The molecule has 1 N–H and O–H groups in total. The number of carboxylic acids is 1. The molecule has 0 rings (SSSR count). The second-order valence-corrected chi connectivity index (χ2v) is 3.62. The molecule has 14 heavy (non-hydrogen) atoms. The number of nitrogens with zero attached hydrogens (tertiary/aromatic N) is 1. The lowest BCUT2D eigenvalue weighted by atomic mass is 10.2. The van der Waals surface area contributed by atoms with Gasteiger partial charge < -0.3 is 9.84 Å². The van der Waals surface area contributed by atoms with Crippen LogP contribution < -0.4 is 0 Å². The average Bonchev–Trinajstić information content (AvgIpc) is 2.09. The van der Waals surface area contributed by atoms with Crippen molar-refractivity contribution in [2.24, 2.45) is 0 Å². The Hall–Kier alpha value is -0.610. The van der Waals surface area contributed by atoms with Crippen LogP contribution in [0.4, 0.5) is 0 Å². The standard InChI is InChI=1S/C10H21NO3/c1-9(2)11(7-8-14-3)6-4-5-10(12)13/h9H,4-8H2,1-3H3,(H,12,13). The van der Waals surface area contributed by atoms with Gasteiger partial charge in [0.25, 0.3) is 0 Å². The fraction of sp³-hybridized carbons (Fsp3) is 0.900. The lowest BCUT2D eigenvalue weighted by Crippen LogP contribution is -2.34. The van der Waals surface area contributed by atoms with E-state index in [1.807, 2.05) is 0 Å². The molecule has 0 fully saturated rings. The highest BCUT2D eigenvalue weighted by atomic mass is 16.5. The molecule has 0 radical (unpaired) electrons. The third kappa shape index (κ3) is 6.86. The molecule has 4 nitrogen and oxygen atoms in total. The maximum Gasteiger partial charge on any atom is 0.303 e. The lowest BCUT2D eigenvalue weighted by Gasteiger charge is -2.25. The smallest absolute Gasteiger partial charge is 0.303 e. The first-order chi connectivity index (χ1) is 6.57. The fourth-order valence-electron chi connectivity index (χ4n) is 1.27. The fourth-order valence-corrected chi connectivity index (χ4v) is 1.27. The van der Waals surface area contributed by atoms with Gasteiger partial charge >= 0.3 is 5.97 Å². The largest absolute Gasteiger partial charge is 0.481 e. The molecule has 0 atom stereocenters. The van der Waals surface area contributed by atoms with Crippen LogP contribution in [0.15, 0.2) is 0 Å². The molecular formula is C10H21NO3. The van der Waals surface area contributed by atoms with Crippen LogP contribution in [0.3, 0.4) is 0 Å². The number of carbonyl (C=O) groups is 1. The predicted octanol–water partition coefficient (Wildman–Crippen LogP) is 1.21. The molecule has 0 spiro atoms. The van der Waals surface area contributed by atoms with E-state index in [0.717, 1.165) is 13.1 Å². The Kier molecular flexibility index (Phi) is 7.42. The number of hydrogen-bond donors (Lipinski definition) is 1. The monoisotopic (exact) mass is 203 g/mol. The summed E-state index contributed by atoms with van der Waals surface area (Å²) < 4.78 is 4.99. The van der Waals surface area contributed by atoms with Gasteiger partial charge in [0.2, 0.25) is 0 Å². The molecule has 0 saturated carbocycles. The topological polar surface area (TPSA) is 49.8 Å². The maximum atomic E-state index is 10.3. The van der Waals surface area contributed by atoms with Gasteiger partial charge in [0.1, 0.15) is 0 Å². The molecule has 0 aliphatic carbocycles. The Morgan fingerprint density at radius 3 is 2.50 bits per heavy atom. The van der Waals surface area contributed by atoms with E-state index < -0.39 is 5.97 Å². The maximum absolute atomic E-state index is 10.3. The van der Waals surface area contributed by atoms with Crippen LogP contribution in [-0.2, 0) is 9.53 Å². The minimum atomic E-state index is -0.722. The van der Waals surface area contributed by atoms with Crippen molar-refractivity contribution < 1.29 is 14.6 Å². The molecule has 4 heteroatoms. The zero-order chi connectivity index (χ0) is 11.0. The van der Waals surface area contributed by atoms with Gasteiger partial charge in [0, 0.05) is 26.1 Å². The van der Waals surface area contributed by atoms with Crippen molar-refractivity contribution in [2.75, 3.05) is 26.8 Å². The summed E-state index contributed by atoms with van der Waals surface area (Å²) in [4.78, 5) is 12.6. The number of rotatable bonds is 8. The van der Waals surface area contributed by atoms with Crippen molar-refractivity contribution >= 4 is 5.97 Å². The number of methoxy groups -OCH3 is 1. The third-order valence-electron chi connectivity index (χ3n) is 2.15. The summed E-state index contributed by atoms with van der Waals surface area (Å²) in [6, 6.07) is 0.443. The molecule has 0 aromatic carbocycles. The van der Waals surface area contributed by atoms with Crippen molar-refractivity contribution in [3.8, 4) is 0 Å². The van der Waals surface area contributed by atoms with E-state index in [0.29, 0.717) is 19.1 Å². The van der Waals surface area contributed by atoms with Crippen molar-refractivity contribution in [3.63, 3.8) is 0 Å². The lowest BCUT2D eigenvalue weighted by molar-refractivity contribution is -0.137. The summed E-state index contributed by atoms with van der Waals surface area (Å²) >= 11 is 0. The van der Waals surface area contributed by atoms with Crippen LogP contribution in [0.25, 0.3) is 0 Å². The third-order valence-corrected chi connectivity index (χ3v) is 2.15. The quantitative estimate of drug-likeness (QED) is 0.644. The molecule has 0 saturated heterocycles. The van der Waals surface area contributed by atoms with Crippen LogP contribution in [0.2, 0.25) is 0 Å².